The first-order chi connectivity index (χ1) is 6.86. The van der Waals surface area contributed by atoms with E-state index in [-0.39, 0.29) is 0 Å². The third-order valence-electron chi connectivity index (χ3n) is 2.17. The second-order valence-corrected chi connectivity index (χ2v) is 3.37. The number of hydrogen-bond donors (Lipinski definition) is 0. The molecule has 0 amide bonds. The Hall–Kier alpha value is -1.30. The van der Waals surface area contributed by atoms with Gasteiger partial charge in [0.1, 0.15) is 0 Å². The van der Waals surface area contributed by atoms with Gasteiger partial charge in [0, 0.05) is 0 Å². The van der Waals surface area contributed by atoms with Crippen LogP contribution in [0, 0.1) is 0 Å². The van der Waals surface area contributed by atoms with Gasteiger partial charge in [0.2, 0.25) is 0 Å². The van der Waals surface area contributed by atoms with Gasteiger partial charge in [0.05, 0.1) is 0 Å². The van der Waals surface area contributed by atoms with E-state index < -0.39 is 0 Å². The van der Waals surface area contributed by atoms with Gasteiger partial charge in [0.15, 0.2) is 0 Å². The molecular formula is C14H18. The van der Waals surface area contributed by atoms with E-state index in [4.69, 9.17) is 0 Å². The van der Waals surface area contributed by atoms with E-state index in [9.17, 15) is 0 Å². The highest BCUT2D eigenvalue weighted by atomic mass is 14.0. The summed E-state index contributed by atoms with van der Waals surface area (Å²) in [5.41, 5.74) is 2.79. The van der Waals surface area contributed by atoms with Gasteiger partial charge in [-0.1, -0.05) is 48.6 Å². The first-order valence-corrected chi connectivity index (χ1v) is 5.17. The van der Waals surface area contributed by atoms with Crippen molar-refractivity contribution in [2.24, 2.45) is 0 Å². The molecule has 0 radical (unpaired) electrons. The summed E-state index contributed by atoms with van der Waals surface area (Å²) in [4.78, 5) is 0. The van der Waals surface area contributed by atoms with Gasteiger partial charge in [-0.15, -0.1) is 0 Å². The Morgan fingerprint density at radius 3 is 1.86 bits per heavy atom. The van der Waals surface area contributed by atoms with Crippen LogP contribution in [0.25, 0.3) is 0 Å². The van der Waals surface area contributed by atoms with Crippen LogP contribution in [0.3, 0.4) is 0 Å². The summed E-state index contributed by atoms with van der Waals surface area (Å²) in [6.45, 7) is 4.12. The molecule has 0 aromatic heterocycles. The van der Waals surface area contributed by atoms with Crippen molar-refractivity contribution in [2.75, 3.05) is 0 Å². The quantitative estimate of drug-likeness (QED) is 0.625. The third kappa shape index (κ3) is 3.61. The lowest BCUT2D eigenvalue weighted by Gasteiger charge is -2.00. The molecule has 14 heavy (non-hydrogen) atoms. The maximum atomic E-state index is 2.28. The molecule has 0 aliphatic rings. The molecule has 0 aliphatic carbocycles. The zero-order valence-corrected chi connectivity index (χ0v) is 9.03. The van der Waals surface area contributed by atoms with Crippen LogP contribution in [0.2, 0.25) is 0 Å². The Morgan fingerprint density at radius 2 is 1.43 bits per heavy atom. The topological polar surface area (TPSA) is 0 Å². The summed E-state index contributed by atoms with van der Waals surface area (Å²) in [5.74, 6) is 0. The van der Waals surface area contributed by atoms with Gasteiger partial charge in [-0.3, -0.25) is 0 Å². The second-order valence-electron chi connectivity index (χ2n) is 3.37. The molecule has 1 aromatic carbocycles. The Kier molecular flexibility index (Phi) is 4.77. The standard InChI is InChI=1S/C14H18/c1-3-5-8-13-10-7-11-14(12-13)9-6-4-2/h3-7,10-12H,8-9H2,1-2H3/b5-3+,6-4+. The summed E-state index contributed by atoms with van der Waals surface area (Å²) in [5, 5.41) is 0. The molecule has 0 N–H and O–H groups in total. The van der Waals surface area contributed by atoms with Crippen LogP contribution in [0.4, 0.5) is 0 Å². The van der Waals surface area contributed by atoms with Crippen molar-refractivity contribution in [1.29, 1.82) is 0 Å². The molecule has 0 fully saturated rings. The summed E-state index contributed by atoms with van der Waals surface area (Å²) in [7, 11) is 0. The molecule has 0 aliphatic heterocycles. The van der Waals surface area contributed by atoms with E-state index in [1.54, 1.807) is 0 Å². The number of rotatable bonds is 4. The van der Waals surface area contributed by atoms with Crippen LogP contribution < -0.4 is 0 Å². The first-order valence-electron chi connectivity index (χ1n) is 5.17. The van der Waals surface area contributed by atoms with Crippen molar-refractivity contribution in [3.05, 3.63) is 59.7 Å². The van der Waals surface area contributed by atoms with E-state index >= 15 is 0 Å². The highest BCUT2D eigenvalue weighted by molar-refractivity contribution is 5.26. The molecule has 0 atom stereocenters. The summed E-state index contributed by atoms with van der Waals surface area (Å²) in [6.07, 6.45) is 10.7. The molecular weight excluding hydrogens is 168 g/mol. The Balaban J connectivity index is 2.68. The van der Waals surface area contributed by atoms with Gasteiger partial charge in [-0.25, -0.2) is 0 Å². The molecule has 1 aromatic rings. The van der Waals surface area contributed by atoms with Crippen molar-refractivity contribution in [3.63, 3.8) is 0 Å². The summed E-state index contributed by atoms with van der Waals surface area (Å²) < 4.78 is 0. The molecule has 0 unspecified atom stereocenters. The SMILES string of the molecule is C/C=C/Cc1cccc(C/C=C/C)c1. The smallest absolute Gasteiger partial charge is 0.00975 e. The van der Waals surface area contributed by atoms with Crippen LogP contribution in [-0.2, 0) is 12.8 Å². The molecule has 0 spiro atoms. The lowest BCUT2D eigenvalue weighted by atomic mass is 10.1. The molecule has 74 valence electrons. The number of hydrogen-bond acceptors (Lipinski definition) is 0. The van der Waals surface area contributed by atoms with E-state index in [0.717, 1.165) is 12.8 Å². The van der Waals surface area contributed by atoms with Gasteiger partial charge in [0.25, 0.3) is 0 Å². The highest BCUT2D eigenvalue weighted by Crippen LogP contribution is 2.07. The van der Waals surface area contributed by atoms with Crippen molar-refractivity contribution >= 4 is 0 Å². The molecule has 0 heterocycles. The van der Waals surface area contributed by atoms with Crippen LogP contribution in [0.15, 0.2) is 48.6 Å². The maximum absolute atomic E-state index is 2.28. The molecule has 0 saturated heterocycles. The van der Waals surface area contributed by atoms with E-state index in [1.165, 1.54) is 11.1 Å². The normalized spacial score (nSPS) is 11.6. The Bertz CT molecular complexity index is 289. The summed E-state index contributed by atoms with van der Waals surface area (Å²) in [6, 6.07) is 8.77. The molecule has 0 saturated carbocycles. The molecule has 0 bridgehead atoms. The Morgan fingerprint density at radius 1 is 0.929 bits per heavy atom. The predicted octanol–water partition coefficient (Wildman–Crippen LogP) is 3.92. The third-order valence-corrected chi connectivity index (χ3v) is 2.17. The maximum Gasteiger partial charge on any atom is -0.00975 e. The second kappa shape index (κ2) is 6.20. The van der Waals surface area contributed by atoms with Crippen molar-refractivity contribution in [2.45, 2.75) is 26.7 Å². The fourth-order valence-corrected chi connectivity index (χ4v) is 1.39. The van der Waals surface area contributed by atoms with E-state index in [2.05, 4.69) is 62.4 Å². The summed E-state index contributed by atoms with van der Waals surface area (Å²) >= 11 is 0. The highest BCUT2D eigenvalue weighted by Gasteiger charge is 1.92. The first kappa shape index (κ1) is 10.8. The number of benzene rings is 1. The van der Waals surface area contributed by atoms with E-state index in [0.29, 0.717) is 0 Å². The van der Waals surface area contributed by atoms with Gasteiger partial charge >= 0.3 is 0 Å². The van der Waals surface area contributed by atoms with Crippen LogP contribution in [-0.4, -0.2) is 0 Å². The fourth-order valence-electron chi connectivity index (χ4n) is 1.39. The van der Waals surface area contributed by atoms with Gasteiger partial charge in [-0.2, -0.15) is 0 Å². The van der Waals surface area contributed by atoms with Crippen molar-refractivity contribution in [1.82, 2.24) is 0 Å². The molecule has 1 rings (SSSR count). The van der Waals surface area contributed by atoms with Crippen LogP contribution in [0.5, 0.6) is 0 Å². The minimum Gasteiger partial charge on any atom is -0.0913 e. The minimum absolute atomic E-state index is 1.04. The van der Waals surface area contributed by atoms with Gasteiger partial charge < -0.3 is 0 Å². The fraction of sp³-hybridized carbons (Fsp3) is 0.286. The zero-order chi connectivity index (χ0) is 10.2. The van der Waals surface area contributed by atoms with Crippen LogP contribution >= 0.6 is 0 Å². The zero-order valence-electron chi connectivity index (χ0n) is 9.03. The molecule has 0 nitrogen and oxygen atoms in total. The lowest BCUT2D eigenvalue weighted by Crippen LogP contribution is -1.85. The Labute approximate surface area is 87.0 Å². The van der Waals surface area contributed by atoms with Gasteiger partial charge in [-0.05, 0) is 37.8 Å². The average molecular weight is 186 g/mol. The average Bonchev–Trinajstić information content (AvgIpc) is 2.24. The minimum atomic E-state index is 1.04. The van der Waals surface area contributed by atoms with E-state index in [1.807, 2.05) is 0 Å². The van der Waals surface area contributed by atoms with Crippen LogP contribution in [0.1, 0.15) is 25.0 Å². The largest absolute Gasteiger partial charge is 0.0913 e. The number of allylic oxidation sites excluding steroid dienone is 4. The van der Waals surface area contributed by atoms with Crippen molar-refractivity contribution in [3.8, 4) is 0 Å². The lowest BCUT2D eigenvalue weighted by molar-refractivity contribution is 1.20. The molecule has 0 heteroatoms. The van der Waals surface area contributed by atoms with Crippen molar-refractivity contribution < 1.29 is 0 Å². The monoisotopic (exact) mass is 186 g/mol. The predicted molar refractivity (Wildman–Crippen MR) is 63.5 cm³/mol.